The topological polar surface area (TPSA) is 43.8 Å². The van der Waals surface area contributed by atoms with E-state index in [1.54, 1.807) is 17.8 Å². The molecule has 0 spiro atoms. The largest absolute Gasteiger partial charge is 0.384 e. The van der Waals surface area contributed by atoms with Crippen molar-refractivity contribution in [2.24, 2.45) is 13.0 Å². The summed E-state index contributed by atoms with van der Waals surface area (Å²) in [6, 6.07) is 4.31. The van der Waals surface area contributed by atoms with Crippen molar-refractivity contribution in [2.75, 3.05) is 5.73 Å². The Balaban J connectivity index is 2.58. The van der Waals surface area contributed by atoms with Gasteiger partial charge in [0.15, 0.2) is 0 Å². The maximum absolute atomic E-state index is 13.1. The number of benzene rings is 1. The number of halogens is 2. The van der Waals surface area contributed by atoms with Gasteiger partial charge in [0.1, 0.15) is 11.6 Å². The number of hydrogen-bond acceptors (Lipinski definition) is 2. The summed E-state index contributed by atoms with van der Waals surface area (Å²) in [7, 11) is 1.79. The summed E-state index contributed by atoms with van der Waals surface area (Å²) < 4.78 is 14.8. The molecule has 0 saturated heterocycles. The Morgan fingerprint density at radius 2 is 2.11 bits per heavy atom. The van der Waals surface area contributed by atoms with E-state index in [1.807, 2.05) is 0 Å². The van der Waals surface area contributed by atoms with E-state index in [0.717, 1.165) is 17.7 Å². The minimum atomic E-state index is -0.358. The summed E-state index contributed by atoms with van der Waals surface area (Å²) in [5.74, 6) is 0.719. The zero-order valence-electron chi connectivity index (χ0n) is 11.2. The van der Waals surface area contributed by atoms with Crippen LogP contribution in [-0.4, -0.2) is 9.78 Å². The minimum absolute atomic E-state index is 0.350. The number of rotatable bonds is 3. The van der Waals surface area contributed by atoms with E-state index in [1.165, 1.54) is 12.1 Å². The Kier molecular flexibility index (Phi) is 3.80. The Morgan fingerprint density at radius 3 is 2.68 bits per heavy atom. The first-order valence-corrected chi connectivity index (χ1v) is 6.54. The summed E-state index contributed by atoms with van der Waals surface area (Å²) in [6.45, 7) is 4.23. The van der Waals surface area contributed by atoms with Gasteiger partial charge in [-0.3, -0.25) is 4.68 Å². The molecule has 2 rings (SSSR count). The van der Waals surface area contributed by atoms with Gasteiger partial charge in [-0.25, -0.2) is 4.39 Å². The first kappa shape index (κ1) is 13.9. The molecule has 102 valence electrons. The Labute approximate surface area is 117 Å². The average molecular weight is 282 g/mol. The fraction of sp³-hybridized carbons (Fsp3) is 0.357. The monoisotopic (exact) mass is 281 g/mol. The molecule has 2 N–H and O–H groups in total. The van der Waals surface area contributed by atoms with Gasteiger partial charge in [0.2, 0.25) is 0 Å². The molecule has 0 fully saturated rings. The third-order valence-electron chi connectivity index (χ3n) is 2.99. The van der Waals surface area contributed by atoms with Crippen LogP contribution in [0.15, 0.2) is 18.2 Å². The summed E-state index contributed by atoms with van der Waals surface area (Å²) in [5, 5.41) is 4.76. The lowest BCUT2D eigenvalue weighted by Gasteiger charge is -2.08. The summed E-state index contributed by atoms with van der Waals surface area (Å²) in [6.07, 6.45) is 0.808. The lowest BCUT2D eigenvalue weighted by molar-refractivity contribution is 0.628. The van der Waals surface area contributed by atoms with Gasteiger partial charge in [-0.05, 0) is 30.5 Å². The molecule has 1 aromatic heterocycles. The molecule has 0 atom stereocenters. The lowest BCUT2D eigenvalue weighted by atomic mass is 9.99. The molecule has 0 aliphatic rings. The van der Waals surface area contributed by atoms with Crippen molar-refractivity contribution in [3.63, 3.8) is 0 Å². The molecule has 0 saturated carbocycles. The minimum Gasteiger partial charge on any atom is -0.384 e. The first-order chi connectivity index (χ1) is 8.90. The third kappa shape index (κ3) is 2.73. The van der Waals surface area contributed by atoms with E-state index in [-0.39, 0.29) is 5.82 Å². The molecule has 0 radical (unpaired) electrons. The van der Waals surface area contributed by atoms with Gasteiger partial charge in [-0.15, -0.1) is 0 Å². The summed E-state index contributed by atoms with van der Waals surface area (Å²) in [4.78, 5) is 0. The van der Waals surface area contributed by atoms with E-state index in [2.05, 4.69) is 18.9 Å². The number of nitrogens with two attached hydrogens (primary N) is 1. The number of hydrogen-bond donors (Lipinski definition) is 1. The second-order valence-corrected chi connectivity index (χ2v) is 5.47. The summed E-state index contributed by atoms with van der Waals surface area (Å²) >= 11 is 6.10. The van der Waals surface area contributed by atoms with Crippen molar-refractivity contribution in [1.82, 2.24) is 9.78 Å². The van der Waals surface area contributed by atoms with Crippen LogP contribution in [0.3, 0.4) is 0 Å². The van der Waals surface area contributed by atoms with E-state index in [4.69, 9.17) is 17.3 Å². The summed E-state index contributed by atoms with van der Waals surface area (Å²) in [5.41, 5.74) is 8.47. The highest BCUT2D eigenvalue weighted by atomic mass is 35.5. The van der Waals surface area contributed by atoms with Gasteiger partial charge >= 0.3 is 0 Å². The molecule has 5 heteroatoms. The molecule has 1 heterocycles. The molecule has 3 nitrogen and oxygen atoms in total. The van der Waals surface area contributed by atoms with Crippen LogP contribution in [0.4, 0.5) is 10.2 Å². The zero-order valence-corrected chi connectivity index (χ0v) is 12.0. The normalized spacial score (nSPS) is 11.3. The molecular weight excluding hydrogens is 265 g/mol. The maximum atomic E-state index is 13.1. The fourth-order valence-electron chi connectivity index (χ4n) is 2.09. The van der Waals surface area contributed by atoms with Crippen LogP contribution in [-0.2, 0) is 13.5 Å². The predicted molar refractivity (Wildman–Crippen MR) is 76.6 cm³/mol. The van der Waals surface area contributed by atoms with Crippen molar-refractivity contribution in [3.8, 4) is 11.3 Å². The van der Waals surface area contributed by atoms with Gasteiger partial charge in [-0.1, -0.05) is 25.4 Å². The SMILES string of the molecule is CC(C)Cc1c(-c2ccc(F)cc2Cl)nn(C)c1N. The van der Waals surface area contributed by atoms with Crippen molar-refractivity contribution in [2.45, 2.75) is 20.3 Å². The standard InChI is InChI=1S/C14H17ClFN3/c1-8(2)6-11-13(18-19(3)14(11)17)10-5-4-9(16)7-12(10)15/h4-5,7-8H,6,17H2,1-3H3. The van der Waals surface area contributed by atoms with Crippen molar-refractivity contribution < 1.29 is 4.39 Å². The van der Waals surface area contributed by atoms with Crippen LogP contribution in [0.25, 0.3) is 11.3 Å². The molecule has 0 unspecified atom stereocenters. The quantitative estimate of drug-likeness (QED) is 0.933. The van der Waals surface area contributed by atoms with Gasteiger partial charge in [0, 0.05) is 18.2 Å². The molecule has 0 aliphatic heterocycles. The van der Waals surface area contributed by atoms with E-state index in [9.17, 15) is 4.39 Å². The molecule has 19 heavy (non-hydrogen) atoms. The lowest BCUT2D eigenvalue weighted by Crippen LogP contribution is -2.02. The fourth-order valence-corrected chi connectivity index (χ4v) is 2.35. The maximum Gasteiger partial charge on any atom is 0.125 e. The van der Waals surface area contributed by atoms with E-state index >= 15 is 0 Å². The number of aromatic nitrogens is 2. The zero-order chi connectivity index (χ0) is 14.2. The third-order valence-corrected chi connectivity index (χ3v) is 3.31. The van der Waals surface area contributed by atoms with Crippen molar-refractivity contribution in [1.29, 1.82) is 0 Å². The highest BCUT2D eigenvalue weighted by molar-refractivity contribution is 6.33. The van der Waals surface area contributed by atoms with E-state index < -0.39 is 0 Å². The Hall–Kier alpha value is -1.55. The number of anilines is 1. The van der Waals surface area contributed by atoms with Crippen LogP contribution in [0.1, 0.15) is 19.4 Å². The first-order valence-electron chi connectivity index (χ1n) is 6.17. The Morgan fingerprint density at radius 1 is 1.42 bits per heavy atom. The molecule has 0 aliphatic carbocycles. The van der Waals surface area contributed by atoms with Crippen LogP contribution in [0.5, 0.6) is 0 Å². The molecule has 1 aromatic carbocycles. The van der Waals surface area contributed by atoms with E-state index in [0.29, 0.717) is 22.3 Å². The number of nitrogens with zero attached hydrogens (tertiary/aromatic N) is 2. The van der Waals surface area contributed by atoms with Crippen LogP contribution < -0.4 is 5.73 Å². The second kappa shape index (κ2) is 5.21. The number of nitrogen functional groups attached to an aromatic ring is 1. The smallest absolute Gasteiger partial charge is 0.125 e. The van der Waals surface area contributed by atoms with Crippen molar-refractivity contribution in [3.05, 3.63) is 34.6 Å². The number of aryl methyl sites for hydroxylation is 1. The molecule has 0 amide bonds. The van der Waals surface area contributed by atoms with Gasteiger partial charge in [-0.2, -0.15) is 5.10 Å². The molecular formula is C14H17ClFN3. The molecule has 0 bridgehead atoms. The second-order valence-electron chi connectivity index (χ2n) is 5.06. The van der Waals surface area contributed by atoms with Crippen LogP contribution >= 0.6 is 11.6 Å². The highest BCUT2D eigenvalue weighted by Gasteiger charge is 2.18. The van der Waals surface area contributed by atoms with Crippen LogP contribution in [0, 0.1) is 11.7 Å². The molecule has 2 aromatic rings. The average Bonchev–Trinajstić information content (AvgIpc) is 2.57. The van der Waals surface area contributed by atoms with Crippen molar-refractivity contribution >= 4 is 17.4 Å². The highest BCUT2D eigenvalue weighted by Crippen LogP contribution is 2.33. The Bertz CT molecular complexity index is 605. The van der Waals surface area contributed by atoms with Crippen LogP contribution in [0.2, 0.25) is 5.02 Å². The van der Waals surface area contributed by atoms with Gasteiger partial charge in [0.05, 0.1) is 10.7 Å². The van der Waals surface area contributed by atoms with Gasteiger partial charge < -0.3 is 5.73 Å². The predicted octanol–water partition coefficient (Wildman–Crippen LogP) is 3.66. The van der Waals surface area contributed by atoms with Gasteiger partial charge in [0.25, 0.3) is 0 Å².